The van der Waals surface area contributed by atoms with Crippen molar-refractivity contribution >= 4 is 15.5 Å². The van der Waals surface area contributed by atoms with E-state index in [9.17, 15) is 8.42 Å². The largest absolute Gasteiger partial charge is 0.385 e. The maximum Gasteiger partial charge on any atom is 0.175 e. The van der Waals surface area contributed by atoms with Gasteiger partial charge in [-0.05, 0) is 57.7 Å². The predicted molar refractivity (Wildman–Crippen MR) is 75.8 cm³/mol. The number of sulfone groups is 1. The number of hydrogen-bond donors (Lipinski definition) is 1. The quantitative estimate of drug-likeness (QED) is 0.768. The van der Waals surface area contributed by atoms with E-state index in [0.29, 0.717) is 4.90 Å². The predicted octanol–water partition coefficient (Wildman–Crippen LogP) is 1.84. The van der Waals surface area contributed by atoms with Crippen LogP contribution in [0.4, 0.5) is 5.69 Å². The standard InChI is InChI=1S/C13H22N2O2S/c1-15(2)11-5-4-10-14-12-6-8-13(9-7-12)18(3,16)17/h6-9,14H,4-5,10-11H2,1-3H3. The molecular formula is C13H22N2O2S. The Kier molecular flexibility index (Phi) is 5.62. The summed E-state index contributed by atoms with van der Waals surface area (Å²) in [6, 6.07) is 6.89. The molecule has 1 N–H and O–H groups in total. The molecule has 5 heteroatoms. The lowest BCUT2D eigenvalue weighted by Gasteiger charge is -2.10. The molecule has 102 valence electrons. The number of hydrogen-bond acceptors (Lipinski definition) is 4. The molecule has 0 atom stereocenters. The Morgan fingerprint density at radius 2 is 1.72 bits per heavy atom. The summed E-state index contributed by atoms with van der Waals surface area (Å²) < 4.78 is 22.6. The van der Waals surface area contributed by atoms with Crippen LogP contribution in [0.2, 0.25) is 0 Å². The van der Waals surface area contributed by atoms with Gasteiger partial charge < -0.3 is 10.2 Å². The summed E-state index contributed by atoms with van der Waals surface area (Å²) in [6.07, 6.45) is 3.48. The van der Waals surface area contributed by atoms with E-state index in [0.717, 1.165) is 31.6 Å². The second kappa shape index (κ2) is 6.75. The molecular weight excluding hydrogens is 248 g/mol. The van der Waals surface area contributed by atoms with Crippen LogP contribution in [0, 0.1) is 0 Å². The lowest BCUT2D eigenvalue weighted by atomic mass is 10.2. The lowest BCUT2D eigenvalue weighted by molar-refractivity contribution is 0.396. The van der Waals surface area contributed by atoms with E-state index in [1.54, 1.807) is 12.1 Å². The second-order valence-electron chi connectivity index (χ2n) is 4.73. The summed E-state index contributed by atoms with van der Waals surface area (Å²) in [4.78, 5) is 2.53. The third kappa shape index (κ3) is 5.51. The molecule has 1 aromatic carbocycles. The molecule has 0 aromatic heterocycles. The van der Waals surface area contributed by atoms with Gasteiger partial charge in [0.05, 0.1) is 4.90 Å². The number of nitrogens with one attached hydrogen (secondary N) is 1. The fourth-order valence-corrected chi connectivity index (χ4v) is 2.24. The first kappa shape index (κ1) is 15.0. The summed E-state index contributed by atoms with van der Waals surface area (Å²) in [5.74, 6) is 0. The molecule has 4 nitrogen and oxygen atoms in total. The van der Waals surface area contributed by atoms with E-state index in [2.05, 4.69) is 24.3 Å². The minimum absolute atomic E-state index is 0.362. The molecule has 0 aliphatic carbocycles. The Hall–Kier alpha value is -1.07. The third-order valence-electron chi connectivity index (χ3n) is 2.64. The zero-order chi connectivity index (χ0) is 13.6. The van der Waals surface area contributed by atoms with Crippen molar-refractivity contribution in [2.75, 3.05) is 38.8 Å². The molecule has 0 bridgehead atoms. The summed E-state index contributed by atoms with van der Waals surface area (Å²) in [6.45, 7) is 2.00. The van der Waals surface area contributed by atoms with Gasteiger partial charge in [-0.2, -0.15) is 0 Å². The van der Waals surface area contributed by atoms with Crippen LogP contribution in [0.5, 0.6) is 0 Å². The van der Waals surface area contributed by atoms with Crippen molar-refractivity contribution in [2.24, 2.45) is 0 Å². The van der Waals surface area contributed by atoms with Crippen LogP contribution >= 0.6 is 0 Å². The third-order valence-corrected chi connectivity index (χ3v) is 3.77. The highest BCUT2D eigenvalue weighted by molar-refractivity contribution is 7.90. The zero-order valence-corrected chi connectivity index (χ0v) is 12.1. The average molecular weight is 270 g/mol. The molecule has 0 aliphatic rings. The molecule has 0 saturated heterocycles. The maximum atomic E-state index is 11.3. The smallest absolute Gasteiger partial charge is 0.175 e. The van der Waals surface area contributed by atoms with Gasteiger partial charge >= 0.3 is 0 Å². The zero-order valence-electron chi connectivity index (χ0n) is 11.3. The second-order valence-corrected chi connectivity index (χ2v) is 6.75. The highest BCUT2D eigenvalue weighted by atomic mass is 32.2. The molecule has 0 fully saturated rings. The average Bonchev–Trinajstić information content (AvgIpc) is 2.27. The molecule has 0 spiro atoms. The van der Waals surface area contributed by atoms with E-state index in [1.807, 2.05) is 12.1 Å². The van der Waals surface area contributed by atoms with Crippen molar-refractivity contribution in [3.05, 3.63) is 24.3 Å². The summed E-state index contributed by atoms with van der Waals surface area (Å²) in [7, 11) is 1.04. The highest BCUT2D eigenvalue weighted by Crippen LogP contribution is 2.13. The van der Waals surface area contributed by atoms with Crippen molar-refractivity contribution in [2.45, 2.75) is 17.7 Å². The molecule has 0 heterocycles. The number of anilines is 1. The van der Waals surface area contributed by atoms with Gasteiger partial charge in [0, 0.05) is 18.5 Å². The van der Waals surface area contributed by atoms with E-state index in [4.69, 9.17) is 0 Å². The van der Waals surface area contributed by atoms with Gasteiger partial charge in [0.15, 0.2) is 9.84 Å². The molecule has 0 amide bonds. The molecule has 0 saturated carbocycles. The van der Waals surface area contributed by atoms with E-state index in [1.165, 1.54) is 6.26 Å². The number of benzene rings is 1. The molecule has 0 aliphatic heterocycles. The molecule has 1 aromatic rings. The Morgan fingerprint density at radius 1 is 1.11 bits per heavy atom. The van der Waals surface area contributed by atoms with Crippen LogP contribution in [0.1, 0.15) is 12.8 Å². The van der Waals surface area contributed by atoms with Crippen molar-refractivity contribution in [3.8, 4) is 0 Å². The van der Waals surface area contributed by atoms with Gasteiger partial charge in [-0.15, -0.1) is 0 Å². The summed E-state index contributed by atoms with van der Waals surface area (Å²) in [5.41, 5.74) is 0.965. The van der Waals surface area contributed by atoms with Crippen LogP contribution in [0.25, 0.3) is 0 Å². The van der Waals surface area contributed by atoms with Gasteiger partial charge in [-0.1, -0.05) is 0 Å². The summed E-state index contributed by atoms with van der Waals surface area (Å²) >= 11 is 0. The van der Waals surface area contributed by atoms with E-state index >= 15 is 0 Å². The monoisotopic (exact) mass is 270 g/mol. The number of nitrogens with zero attached hydrogens (tertiary/aromatic N) is 1. The van der Waals surface area contributed by atoms with Gasteiger partial charge in [0.25, 0.3) is 0 Å². The maximum absolute atomic E-state index is 11.3. The topological polar surface area (TPSA) is 49.4 Å². The molecule has 18 heavy (non-hydrogen) atoms. The van der Waals surface area contributed by atoms with Crippen molar-refractivity contribution < 1.29 is 8.42 Å². The molecule has 0 unspecified atom stereocenters. The van der Waals surface area contributed by atoms with Crippen molar-refractivity contribution in [1.29, 1.82) is 0 Å². The SMILES string of the molecule is CN(C)CCCCNc1ccc(S(C)(=O)=O)cc1. The molecule has 0 radical (unpaired) electrons. The van der Waals surface area contributed by atoms with Crippen LogP contribution in [-0.2, 0) is 9.84 Å². The number of rotatable bonds is 7. The van der Waals surface area contributed by atoms with Crippen LogP contribution in [-0.4, -0.2) is 46.8 Å². The summed E-state index contributed by atoms with van der Waals surface area (Å²) in [5, 5.41) is 3.28. The Labute approximate surface area is 110 Å². The fourth-order valence-electron chi connectivity index (χ4n) is 1.61. The number of unbranched alkanes of at least 4 members (excludes halogenated alkanes) is 1. The Bertz CT molecular complexity index is 452. The van der Waals surface area contributed by atoms with Crippen LogP contribution in [0.3, 0.4) is 0 Å². The van der Waals surface area contributed by atoms with E-state index in [-0.39, 0.29) is 0 Å². The Balaban J connectivity index is 2.36. The first-order chi connectivity index (χ1) is 8.39. The first-order valence-electron chi connectivity index (χ1n) is 6.08. The van der Waals surface area contributed by atoms with Crippen LogP contribution in [0.15, 0.2) is 29.2 Å². The van der Waals surface area contributed by atoms with Crippen molar-refractivity contribution in [3.63, 3.8) is 0 Å². The lowest BCUT2D eigenvalue weighted by Crippen LogP contribution is -2.14. The van der Waals surface area contributed by atoms with Crippen LogP contribution < -0.4 is 5.32 Å². The van der Waals surface area contributed by atoms with E-state index < -0.39 is 9.84 Å². The van der Waals surface area contributed by atoms with Gasteiger partial charge in [-0.25, -0.2) is 8.42 Å². The normalized spacial score (nSPS) is 11.8. The van der Waals surface area contributed by atoms with Gasteiger partial charge in [-0.3, -0.25) is 0 Å². The Morgan fingerprint density at radius 3 is 2.22 bits per heavy atom. The fraction of sp³-hybridized carbons (Fsp3) is 0.538. The van der Waals surface area contributed by atoms with Gasteiger partial charge in [0.1, 0.15) is 0 Å². The van der Waals surface area contributed by atoms with Gasteiger partial charge in [0.2, 0.25) is 0 Å². The van der Waals surface area contributed by atoms with Crippen molar-refractivity contribution in [1.82, 2.24) is 4.90 Å². The molecule has 1 rings (SSSR count). The minimum Gasteiger partial charge on any atom is -0.385 e. The highest BCUT2D eigenvalue weighted by Gasteiger charge is 2.05. The minimum atomic E-state index is -3.09. The first-order valence-corrected chi connectivity index (χ1v) is 7.97.